The van der Waals surface area contributed by atoms with Gasteiger partial charge in [-0.1, -0.05) is 6.07 Å². The number of benzene rings is 1. The highest BCUT2D eigenvalue weighted by molar-refractivity contribution is 7.09. The Morgan fingerprint density at radius 1 is 1.21 bits per heavy atom. The fourth-order valence-electron chi connectivity index (χ4n) is 4.02. The van der Waals surface area contributed by atoms with Crippen molar-refractivity contribution >= 4 is 28.1 Å². The molecule has 5 rings (SSSR count). The summed E-state index contributed by atoms with van der Waals surface area (Å²) in [4.78, 5) is 18.8. The van der Waals surface area contributed by atoms with Crippen LogP contribution in [0.2, 0.25) is 0 Å². The lowest BCUT2D eigenvalue weighted by molar-refractivity contribution is 0.0593. The number of aromatic nitrogens is 2. The van der Waals surface area contributed by atoms with Crippen LogP contribution in [0.5, 0.6) is 5.75 Å². The number of aryl methyl sites for hydroxylation is 1. The molecule has 0 atom stereocenters. The van der Waals surface area contributed by atoms with Gasteiger partial charge in [-0.2, -0.15) is 0 Å². The molecule has 2 fully saturated rings. The summed E-state index contributed by atoms with van der Waals surface area (Å²) in [5.41, 5.74) is 1.83. The number of nitrogens with zero attached hydrogens (tertiary/aromatic N) is 3. The molecule has 2 aliphatic rings. The van der Waals surface area contributed by atoms with Crippen LogP contribution in [-0.4, -0.2) is 39.6 Å². The van der Waals surface area contributed by atoms with Crippen LogP contribution < -0.4 is 4.74 Å². The van der Waals surface area contributed by atoms with E-state index in [-0.39, 0.29) is 12.0 Å². The molecule has 5 nitrogen and oxygen atoms in total. The molecule has 1 aliphatic heterocycles. The molecule has 2 aromatic heterocycles. The topological polar surface area (TPSA) is 47.4 Å². The van der Waals surface area contributed by atoms with E-state index >= 15 is 0 Å². The minimum Gasteiger partial charge on any atom is -0.490 e. The summed E-state index contributed by atoms with van der Waals surface area (Å²) in [5, 5.41) is 3.98. The molecule has 28 heavy (non-hydrogen) atoms. The molecular formula is C22H25N3O2S. The lowest BCUT2D eigenvalue weighted by Gasteiger charge is -2.32. The largest absolute Gasteiger partial charge is 0.490 e. The Kier molecular flexibility index (Phi) is 4.59. The van der Waals surface area contributed by atoms with E-state index < -0.39 is 0 Å². The van der Waals surface area contributed by atoms with Crippen molar-refractivity contribution in [2.45, 2.75) is 45.3 Å². The Balaban J connectivity index is 1.24. The molecule has 0 spiro atoms. The molecule has 1 aromatic carbocycles. The molecule has 0 N–H and O–H groups in total. The van der Waals surface area contributed by atoms with E-state index in [1.165, 1.54) is 35.1 Å². The van der Waals surface area contributed by atoms with Crippen LogP contribution in [0.3, 0.4) is 0 Å². The lowest BCUT2D eigenvalue weighted by atomic mass is 10.1. The number of piperidine rings is 1. The zero-order valence-corrected chi connectivity index (χ0v) is 17.0. The van der Waals surface area contributed by atoms with Gasteiger partial charge in [-0.05, 0) is 43.9 Å². The van der Waals surface area contributed by atoms with Crippen molar-refractivity contribution in [3.05, 3.63) is 46.5 Å². The van der Waals surface area contributed by atoms with Gasteiger partial charge in [-0.3, -0.25) is 4.79 Å². The summed E-state index contributed by atoms with van der Waals surface area (Å²) >= 11 is 1.52. The van der Waals surface area contributed by atoms with Crippen LogP contribution in [0.1, 0.15) is 41.2 Å². The summed E-state index contributed by atoms with van der Waals surface area (Å²) < 4.78 is 8.73. The van der Waals surface area contributed by atoms with E-state index in [2.05, 4.69) is 40.0 Å². The molecular weight excluding hydrogens is 370 g/mol. The van der Waals surface area contributed by atoms with Crippen LogP contribution in [0.25, 0.3) is 10.9 Å². The number of ether oxygens (including phenoxy) is 1. The van der Waals surface area contributed by atoms with Crippen molar-refractivity contribution in [1.82, 2.24) is 14.5 Å². The van der Waals surface area contributed by atoms with Crippen LogP contribution in [0, 0.1) is 12.8 Å². The first-order valence-corrected chi connectivity index (χ1v) is 11.0. The van der Waals surface area contributed by atoms with Crippen molar-refractivity contribution in [2.24, 2.45) is 5.92 Å². The summed E-state index contributed by atoms with van der Waals surface area (Å²) in [5.74, 6) is 1.86. The zero-order chi connectivity index (χ0) is 19.1. The van der Waals surface area contributed by atoms with Gasteiger partial charge in [0.05, 0.1) is 10.5 Å². The fourth-order valence-corrected chi connectivity index (χ4v) is 4.60. The van der Waals surface area contributed by atoms with E-state index in [0.29, 0.717) is 5.69 Å². The van der Waals surface area contributed by atoms with Crippen LogP contribution >= 0.6 is 11.3 Å². The molecule has 1 saturated heterocycles. The zero-order valence-electron chi connectivity index (χ0n) is 16.1. The molecule has 3 heterocycles. The van der Waals surface area contributed by atoms with Crippen molar-refractivity contribution in [1.29, 1.82) is 0 Å². The normalized spacial score (nSPS) is 18.0. The van der Waals surface area contributed by atoms with Gasteiger partial charge < -0.3 is 14.2 Å². The number of rotatable bonds is 5. The Bertz CT molecular complexity index is 996. The van der Waals surface area contributed by atoms with Gasteiger partial charge >= 0.3 is 0 Å². The first-order chi connectivity index (χ1) is 13.7. The minimum atomic E-state index is 0.0436. The highest BCUT2D eigenvalue weighted by Gasteiger charge is 2.27. The van der Waals surface area contributed by atoms with Crippen molar-refractivity contribution in [3.63, 3.8) is 0 Å². The van der Waals surface area contributed by atoms with Gasteiger partial charge in [-0.15, -0.1) is 11.3 Å². The van der Waals surface area contributed by atoms with Crippen molar-refractivity contribution in [3.8, 4) is 5.75 Å². The smallest absolute Gasteiger partial charge is 0.273 e. The monoisotopic (exact) mass is 395 g/mol. The average molecular weight is 396 g/mol. The van der Waals surface area contributed by atoms with Gasteiger partial charge in [0.15, 0.2) is 0 Å². The lowest BCUT2D eigenvalue weighted by Crippen LogP contribution is -2.41. The second-order valence-corrected chi connectivity index (χ2v) is 9.02. The third-order valence-corrected chi connectivity index (χ3v) is 6.56. The Labute approximate surface area is 168 Å². The molecule has 6 heteroatoms. The first-order valence-electron chi connectivity index (χ1n) is 10.1. The number of likely N-dealkylation sites (tertiary alicyclic amines) is 1. The van der Waals surface area contributed by atoms with E-state index in [1.807, 2.05) is 17.2 Å². The molecule has 1 aliphatic carbocycles. The number of hydrogen-bond donors (Lipinski definition) is 0. The maximum Gasteiger partial charge on any atom is 0.273 e. The Morgan fingerprint density at radius 3 is 2.75 bits per heavy atom. The van der Waals surface area contributed by atoms with Crippen LogP contribution in [-0.2, 0) is 6.54 Å². The second kappa shape index (κ2) is 7.24. The summed E-state index contributed by atoms with van der Waals surface area (Å²) in [6, 6.07) is 8.52. The predicted molar refractivity (Wildman–Crippen MR) is 111 cm³/mol. The molecule has 1 amide bonds. The van der Waals surface area contributed by atoms with E-state index in [4.69, 9.17) is 4.74 Å². The standard InChI is InChI=1S/C22H25N3O2S/c1-15-23-19(14-28-15)22(26)24-10-7-17(8-11-24)27-21-4-2-3-20-18(21)9-12-25(20)13-16-5-6-16/h2-4,9,12,14,16-17H,5-8,10-11,13H2,1H3. The van der Waals surface area contributed by atoms with Gasteiger partial charge in [0.1, 0.15) is 17.5 Å². The van der Waals surface area contributed by atoms with Gasteiger partial charge in [0, 0.05) is 49.4 Å². The third-order valence-electron chi connectivity index (χ3n) is 5.79. The number of carbonyl (C=O) groups is 1. The number of fused-ring (bicyclic) bond motifs is 1. The fraction of sp³-hybridized carbons (Fsp3) is 0.455. The number of carbonyl (C=O) groups excluding carboxylic acids is 1. The predicted octanol–water partition coefficient (Wildman–Crippen LogP) is 4.50. The maximum absolute atomic E-state index is 12.6. The minimum absolute atomic E-state index is 0.0436. The Hall–Kier alpha value is -2.34. The molecule has 0 bridgehead atoms. The van der Waals surface area contributed by atoms with E-state index in [1.54, 1.807) is 0 Å². The van der Waals surface area contributed by atoms with Gasteiger partial charge in [0.25, 0.3) is 5.91 Å². The number of hydrogen-bond acceptors (Lipinski definition) is 4. The third kappa shape index (κ3) is 3.53. The quantitative estimate of drug-likeness (QED) is 0.639. The molecule has 0 radical (unpaired) electrons. The van der Waals surface area contributed by atoms with Crippen LogP contribution in [0.15, 0.2) is 35.8 Å². The highest BCUT2D eigenvalue weighted by Crippen LogP contribution is 2.34. The maximum atomic E-state index is 12.6. The van der Waals surface area contributed by atoms with E-state index in [9.17, 15) is 4.79 Å². The second-order valence-electron chi connectivity index (χ2n) is 7.96. The summed E-state index contributed by atoms with van der Waals surface area (Å²) in [6.45, 7) is 4.49. The SMILES string of the molecule is Cc1nc(C(=O)N2CCC(Oc3cccc4c3ccn4CC3CC3)CC2)cs1. The molecule has 3 aromatic rings. The van der Waals surface area contributed by atoms with Gasteiger partial charge in [0.2, 0.25) is 0 Å². The highest BCUT2D eigenvalue weighted by atomic mass is 32.1. The molecule has 146 valence electrons. The van der Waals surface area contributed by atoms with Crippen molar-refractivity contribution in [2.75, 3.05) is 13.1 Å². The Morgan fingerprint density at radius 2 is 2.04 bits per heavy atom. The van der Waals surface area contributed by atoms with Crippen molar-refractivity contribution < 1.29 is 9.53 Å². The summed E-state index contributed by atoms with van der Waals surface area (Å²) in [7, 11) is 0. The summed E-state index contributed by atoms with van der Waals surface area (Å²) in [6.07, 6.45) is 6.76. The van der Waals surface area contributed by atoms with Crippen LogP contribution in [0.4, 0.5) is 0 Å². The van der Waals surface area contributed by atoms with E-state index in [0.717, 1.165) is 49.2 Å². The van der Waals surface area contributed by atoms with Gasteiger partial charge in [-0.25, -0.2) is 4.98 Å². The molecule has 1 saturated carbocycles. The first kappa shape index (κ1) is 17.7. The number of amides is 1. The average Bonchev–Trinajstić information content (AvgIpc) is 3.27. The molecule has 0 unspecified atom stereocenters. The number of thiazole rings is 1.